The summed E-state index contributed by atoms with van der Waals surface area (Å²) in [7, 11) is 1.95. The van der Waals surface area contributed by atoms with Crippen LogP contribution in [0.25, 0.3) is 5.08 Å². The molecule has 16 heteroatoms. The summed E-state index contributed by atoms with van der Waals surface area (Å²) in [5, 5.41) is 26.8. The molecule has 3 aromatic rings. The molecular formula is C41H52N9O6S+. The number of carbonyl (C=O) groups excluding carboxylic acids is 4. The lowest BCUT2D eigenvalue weighted by molar-refractivity contribution is -0.129. The van der Waals surface area contributed by atoms with Gasteiger partial charge in [0.05, 0.1) is 36.8 Å². The summed E-state index contributed by atoms with van der Waals surface area (Å²) in [5.74, 6) is 1.73. The molecule has 6 rings (SSSR count). The Kier molecular flexibility index (Phi) is 14.3. The van der Waals surface area contributed by atoms with Crippen LogP contribution in [0.2, 0.25) is 0 Å². The van der Waals surface area contributed by atoms with E-state index in [1.807, 2.05) is 72.2 Å². The lowest BCUT2D eigenvalue weighted by Gasteiger charge is -2.29. The molecule has 302 valence electrons. The van der Waals surface area contributed by atoms with Crippen LogP contribution in [0.3, 0.4) is 0 Å². The number of carbonyl (C=O) groups is 4. The summed E-state index contributed by atoms with van der Waals surface area (Å²) in [6, 6.07) is 21.4. The van der Waals surface area contributed by atoms with Crippen molar-refractivity contribution in [1.29, 1.82) is 5.39 Å². The van der Waals surface area contributed by atoms with Gasteiger partial charge in [-0.25, -0.2) is 4.79 Å². The molecule has 6 atom stereocenters. The number of nitrogens with zero attached hydrogens (tertiary/aromatic N) is 3. The summed E-state index contributed by atoms with van der Waals surface area (Å²) in [4.78, 5) is 52.3. The highest BCUT2D eigenvalue weighted by Crippen LogP contribution is 2.39. The first kappa shape index (κ1) is 41.0. The fraction of sp³-hybridized carbons (Fsp3) is 0.463. The van der Waals surface area contributed by atoms with Crippen molar-refractivity contribution in [2.45, 2.75) is 87.4 Å². The Morgan fingerprint density at radius 2 is 1.82 bits per heavy atom. The summed E-state index contributed by atoms with van der Waals surface area (Å²) in [5.41, 5.74) is 5.49. The number of diazo groups is 1. The van der Waals surface area contributed by atoms with Gasteiger partial charge in [0.2, 0.25) is 17.7 Å². The molecule has 3 heterocycles. The Hall–Kier alpha value is -5.69. The van der Waals surface area contributed by atoms with Crippen LogP contribution in [0.5, 0.6) is 11.5 Å². The fourth-order valence-corrected chi connectivity index (χ4v) is 8.92. The van der Waals surface area contributed by atoms with Gasteiger partial charge in [-0.05, 0) is 79.8 Å². The van der Waals surface area contributed by atoms with Gasteiger partial charge in [-0.15, -0.1) is 0 Å². The maximum absolute atomic E-state index is 13.5. The third-order valence-electron chi connectivity index (χ3n) is 10.4. The van der Waals surface area contributed by atoms with Crippen LogP contribution in [-0.2, 0) is 20.8 Å². The van der Waals surface area contributed by atoms with E-state index in [1.54, 1.807) is 31.2 Å². The van der Waals surface area contributed by atoms with E-state index in [1.165, 1.54) is 0 Å². The third-order valence-corrected chi connectivity index (χ3v) is 11.9. The second kappa shape index (κ2) is 19.9. The molecule has 2 saturated heterocycles. The van der Waals surface area contributed by atoms with Gasteiger partial charge in [-0.2, -0.15) is 11.8 Å². The van der Waals surface area contributed by atoms with E-state index in [0.717, 1.165) is 54.7 Å². The summed E-state index contributed by atoms with van der Waals surface area (Å²) in [6.45, 7) is 3.25. The number of unbranched alkanes of at least 4 members (excludes halogenated alkanes) is 2. The largest absolute Gasteiger partial charge is 0.494 e. The third kappa shape index (κ3) is 11.4. The molecule has 2 fully saturated rings. The van der Waals surface area contributed by atoms with Crippen LogP contribution in [0.4, 0.5) is 16.2 Å². The number of thioether (sulfide) groups is 1. The number of rotatable bonds is 18. The zero-order chi connectivity index (χ0) is 40.1. The standard InChI is InChI=1S/C41H51N9O6S/c1-26(44-37(52)22-27-14-16-29(17-15-27)48-49-42)40(53)45-31-24-50(2)33-23-30(18-19-34(33)56-39(31)28-10-5-3-6-11-28)55-21-8-4-7-20-43-36(51)13-9-12-35-38-32(25-57-35)46-41(54)47-38/h3,5-6,10-11,14-19,23,26,31-32,35,38-39,48H,4,7-9,12-13,20-22,24-25H2,1-2H3,(H4-,43,44,45,46,47,51,52,53,54)/p+1/t26-,31+,32-,35-,38-,39+/m0/s1. The van der Waals surface area contributed by atoms with E-state index in [9.17, 15) is 19.2 Å². The number of benzene rings is 3. The monoisotopic (exact) mass is 798 g/mol. The predicted octanol–water partition coefficient (Wildman–Crippen LogP) is 4.67. The summed E-state index contributed by atoms with van der Waals surface area (Å²) < 4.78 is 12.8. The molecule has 0 aromatic heterocycles. The van der Waals surface area contributed by atoms with Crippen LogP contribution in [0.1, 0.15) is 62.7 Å². The topological polar surface area (TPSA) is 190 Å². The average Bonchev–Trinajstić information content (AvgIpc) is 3.72. The molecule has 3 aromatic carbocycles. The number of nitrogens with one attached hydrogen (secondary N) is 6. The van der Waals surface area contributed by atoms with Gasteiger partial charge in [0.25, 0.3) is 5.39 Å². The van der Waals surface area contributed by atoms with Gasteiger partial charge in [-0.1, -0.05) is 42.5 Å². The minimum Gasteiger partial charge on any atom is -0.494 e. The van der Waals surface area contributed by atoms with Crippen molar-refractivity contribution in [1.82, 2.24) is 26.6 Å². The Labute approximate surface area is 337 Å². The molecule has 3 aliphatic rings. The number of fused-ring (bicyclic) bond motifs is 2. The van der Waals surface area contributed by atoms with Gasteiger partial charge in [0, 0.05) is 43.6 Å². The number of urea groups is 1. The van der Waals surface area contributed by atoms with E-state index < -0.39 is 18.2 Å². The van der Waals surface area contributed by atoms with Crippen LogP contribution in [0.15, 0.2) is 72.8 Å². The molecule has 6 N–H and O–H groups in total. The highest BCUT2D eigenvalue weighted by Gasteiger charge is 2.42. The van der Waals surface area contributed by atoms with Crippen molar-refractivity contribution in [2.75, 3.05) is 42.8 Å². The molecule has 15 nitrogen and oxygen atoms in total. The molecule has 0 unspecified atom stereocenters. The Morgan fingerprint density at radius 1 is 1.02 bits per heavy atom. The Morgan fingerprint density at radius 3 is 2.61 bits per heavy atom. The SMILES string of the molecule is C[C@H](NC(=O)Cc1ccc(N[N+]#N)cc1)C(=O)N[C@@H]1CN(C)c2cc(OCCCCCNC(=O)CCC[C@@H]3SC[C@@H]4NC(=O)N[C@@H]43)ccc2O[C@@H]1c1ccccc1. The van der Waals surface area contributed by atoms with Crippen molar-refractivity contribution < 1.29 is 28.7 Å². The van der Waals surface area contributed by atoms with Gasteiger partial charge in [0.15, 0.2) is 0 Å². The van der Waals surface area contributed by atoms with Gasteiger partial charge in [0.1, 0.15) is 29.3 Å². The maximum atomic E-state index is 13.5. The number of ether oxygens (including phenoxy) is 2. The molecule has 0 radical (unpaired) electrons. The lowest BCUT2D eigenvalue weighted by atomic mass is 10.0. The van der Waals surface area contributed by atoms with Gasteiger partial charge in [-0.3, -0.25) is 14.4 Å². The highest BCUT2D eigenvalue weighted by molar-refractivity contribution is 8.00. The van der Waals surface area contributed by atoms with Crippen molar-refractivity contribution >= 4 is 46.9 Å². The van der Waals surface area contributed by atoms with E-state index in [4.69, 9.17) is 14.9 Å². The molecule has 0 aliphatic carbocycles. The first-order valence-corrected chi connectivity index (χ1v) is 20.7. The number of hydrogen-bond acceptors (Lipinski definition) is 10. The van der Waals surface area contributed by atoms with E-state index in [-0.39, 0.29) is 42.3 Å². The normalized spacial score (nSPS) is 21.2. The van der Waals surface area contributed by atoms with Crippen molar-refractivity contribution in [3.05, 3.63) is 89.0 Å². The van der Waals surface area contributed by atoms with Crippen LogP contribution in [-0.4, -0.2) is 85.7 Å². The zero-order valence-corrected chi connectivity index (χ0v) is 33.2. The minimum absolute atomic E-state index is 0.0674. The predicted molar refractivity (Wildman–Crippen MR) is 220 cm³/mol. The quantitative estimate of drug-likeness (QED) is 0.0457. The zero-order valence-electron chi connectivity index (χ0n) is 32.4. The van der Waals surface area contributed by atoms with Crippen LogP contribution in [0, 0.1) is 5.39 Å². The Bertz CT molecular complexity index is 1900. The first-order valence-electron chi connectivity index (χ1n) is 19.6. The molecule has 3 aliphatic heterocycles. The van der Waals surface area contributed by atoms with Crippen molar-refractivity contribution in [2.24, 2.45) is 0 Å². The Balaban J connectivity index is 0.941. The molecule has 5 amide bonds. The molecule has 57 heavy (non-hydrogen) atoms. The molecule has 0 saturated carbocycles. The minimum atomic E-state index is -0.800. The second-order valence-electron chi connectivity index (χ2n) is 14.7. The van der Waals surface area contributed by atoms with Crippen LogP contribution >= 0.6 is 11.8 Å². The average molecular weight is 799 g/mol. The summed E-state index contributed by atoms with van der Waals surface area (Å²) in [6.07, 6.45) is 4.40. The second-order valence-corrected chi connectivity index (χ2v) is 16.0. The van der Waals surface area contributed by atoms with E-state index in [2.05, 4.69) is 37.1 Å². The van der Waals surface area contributed by atoms with Crippen molar-refractivity contribution in [3.63, 3.8) is 0 Å². The summed E-state index contributed by atoms with van der Waals surface area (Å²) >= 11 is 1.87. The maximum Gasteiger partial charge on any atom is 0.315 e. The van der Waals surface area contributed by atoms with Crippen molar-refractivity contribution in [3.8, 4) is 11.5 Å². The van der Waals surface area contributed by atoms with Crippen LogP contribution < -0.4 is 46.4 Å². The molecule has 0 bridgehead atoms. The number of anilines is 2. The van der Waals surface area contributed by atoms with Gasteiger partial charge < -0.3 is 41.0 Å². The molecule has 0 spiro atoms. The fourth-order valence-electron chi connectivity index (χ4n) is 7.38. The lowest BCUT2D eigenvalue weighted by Crippen LogP contribution is -2.53. The first-order chi connectivity index (χ1) is 27.7. The highest BCUT2D eigenvalue weighted by atomic mass is 32.2. The van der Waals surface area contributed by atoms with Gasteiger partial charge >= 0.3 is 11.1 Å². The number of likely N-dealkylation sites (N-methyl/N-ethyl adjacent to an activating group) is 1. The number of hydrogen-bond donors (Lipinski definition) is 6. The molecular weight excluding hydrogens is 747 g/mol. The number of amides is 5. The smallest absolute Gasteiger partial charge is 0.315 e. The van der Waals surface area contributed by atoms with E-state index in [0.29, 0.717) is 48.6 Å². The van der Waals surface area contributed by atoms with E-state index >= 15 is 0 Å².